The van der Waals surface area contributed by atoms with Crippen LogP contribution in [-0.2, 0) is 11.8 Å². The molecule has 1 N–H and O–H groups in total. The normalized spacial score (nSPS) is 19.0. The maximum absolute atomic E-state index is 13.5. The Morgan fingerprint density at radius 1 is 1.16 bits per heavy atom. The first-order chi connectivity index (χ1) is 11.9. The fraction of sp³-hybridized carbons (Fsp3) is 0.444. The number of amides is 2. The highest BCUT2D eigenvalue weighted by molar-refractivity contribution is 5.99. The van der Waals surface area contributed by atoms with Gasteiger partial charge in [-0.25, -0.2) is 4.39 Å². The number of rotatable bonds is 2. The maximum atomic E-state index is 13.5. The van der Waals surface area contributed by atoms with Crippen molar-refractivity contribution < 1.29 is 14.0 Å². The van der Waals surface area contributed by atoms with E-state index < -0.39 is 0 Å². The Morgan fingerprint density at radius 3 is 2.64 bits per heavy atom. The first kappa shape index (κ1) is 17.4. The number of carbonyl (C=O) groups is 2. The fourth-order valence-electron chi connectivity index (χ4n) is 3.42. The van der Waals surface area contributed by atoms with Crippen molar-refractivity contribution in [2.75, 3.05) is 40.3 Å². The molecular formula is C18H23FN4O2. The Labute approximate surface area is 146 Å². The third kappa shape index (κ3) is 3.37. The molecule has 0 spiro atoms. The van der Waals surface area contributed by atoms with Crippen molar-refractivity contribution >= 4 is 22.7 Å². The number of benzene rings is 1. The summed E-state index contributed by atoms with van der Waals surface area (Å²) in [6.45, 7) is 2.25. The van der Waals surface area contributed by atoms with Gasteiger partial charge in [-0.1, -0.05) is 0 Å². The number of hydrogen-bond donors (Lipinski definition) is 1. The largest absolute Gasteiger partial charge is 0.359 e. The second-order valence-corrected chi connectivity index (χ2v) is 6.62. The van der Waals surface area contributed by atoms with Crippen LogP contribution in [0.5, 0.6) is 0 Å². The highest BCUT2D eigenvalue weighted by atomic mass is 19.1. The average molecular weight is 346 g/mol. The smallest absolute Gasteiger partial charge is 0.270 e. The lowest BCUT2D eigenvalue weighted by atomic mass is 10.1. The third-order valence-corrected chi connectivity index (χ3v) is 4.85. The third-order valence-electron chi connectivity index (χ3n) is 4.85. The van der Waals surface area contributed by atoms with Gasteiger partial charge in [-0.3, -0.25) is 9.59 Å². The van der Waals surface area contributed by atoms with Gasteiger partial charge in [0.2, 0.25) is 5.91 Å². The molecule has 2 heterocycles. The highest BCUT2D eigenvalue weighted by Crippen LogP contribution is 2.22. The van der Waals surface area contributed by atoms with Gasteiger partial charge in [0.25, 0.3) is 5.91 Å². The van der Waals surface area contributed by atoms with Crippen molar-refractivity contribution in [2.24, 2.45) is 13.0 Å². The van der Waals surface area contributed by atoms with E-state index in [1.165, 1.54) is 12.1 Å². The molecule has 1 unspecified atom stereocenters. The maximum Gasteiger partial charge on any atom is 0.270 e. The van der Waals surface area contributed by atoms with Crippen molar-refractivity contribution in [3.05, 3.63) is 35.8 Å². The molecule has 0 bridgehead atoms. The highest BCUT2D eigenvalue weighted by Gasteiger charge is 2.30. The topological polar surface area (TPSA) is 57.6 Å². The summed E-state index contributed by atoms with van der Waals surface area (Å²) < 4.78 is 15.2. The van der Waals surface area contributed by atoms with Crippen LogP contribution in [0.25, 0.3) is 10.9 Å². The minimum absolute atomic E-state index is 0.0642. The van der Waals surface area contributed by atoms with Gasteiger partial charge in [-0.2, -0.15) is 0 Å². The Morgan fingerprint density at radius 2 is 1.92 bits per heavy atom. The number of nitrogens with zero attached hydrogens (tertiary/aromatic N) is 3. The van der Waals surface area contributed by atoms with Crippen LogP contribution in [0.3, 0.4) is 0 Å². The molecule has 1 aliphatic rings. The number of fused-ring (bicyclic) bond motifs is 1. The molecular weight excluding hydrogens is 323 g/mol. The summed E-state index contributed by atoms with van der Waals surface area (Å²) in [5.74, 6) is -0.796. The number of halogens is 1. The van der Waals surface area contributed by atoms with Crippen LogP contribution < -0.4 is 5.32 Å². The predicted molar refractivity (Wildman–Crippen MR) is 93.8 cm³/mol. The zero-order valence-corrected chi connectivity index (χ0v) is 14.8. The summed E-state index contributed by atoms with van der Waals surface area (Å²) in [5, 5.41) is 3.37. The van der Waals surface area contributed by atoms with Crippen molar-refractivity contribution in [3.63, 3.8) is 0 Å². The molecule has 1 aliphatic heterocycles. The summed E-state index contributed by atoms with van der Waals surface area (Å²) in [4.78, 5) is 28.9. The molecule has 0 aliphatic carbocycles. The van der Waals surface area contributed by atoms with Crippen LogP contribution in [-0.4, -0.2) is 66.5 Å². The zero-order valence-electron chi connectivity index (χ0n) is 14.8. The minimum atomic E-state index is -0.326. The second-order valence-electron chi connectivity index (χ2n) is 6.62. The molecule has 1 atom stereocenters. The van der Waals surface area contributed by atoms with E-state index in [2.05, 4.69) is 10.2 Å². The standard InChI is InChI=1S/C18H23FN4O2/c1-20-17(24)13-10-21(2)6-7-23(11-13)18(25)16-9-12-8-14(19)4-5-15(12)22(16)3/h4-5,8-9,13H,6-7,10-11H2,1-3H3,(H,20,24). The molecule has 1 aromatic carbocycles. The van der Waals surface area contributed by atoms with E-state index in [-0.39, 0.29) is 23.5 Å². The van der Waals surface area contributed by atoms with Crippen LogP contribution in [0, 0.1) is 11.7 Å². The Balaban J connectivity index is 1.91. The summed E-state index contributed by atoms with van der Waals surface area (Å²) >= 11 is 0. The fourth-order valence-corrected chi connectivity index (χ4v) is 3.42. The summed E-state index contributed by atoms with van der Waals surface area (Å²) in [6, 6.07) is 6.20. The lowest BCUT2D eigenvalue weighted by Gasteiger charge is -2.23. The Kier molecular flexibility index (Phi) is 4.76. The van der Waals surface area contributed by atoms with Gasteiger partial charge in [0.15, 0.2) is 0 Å². The SMILES string of the molecule is CNC(=O)C1CN(C)CCN(C(=O)c2cc3cc(F)ccc3n2C)C1. The molecule has 1 aromatic heterocycles. The first-order valence-electron chi connectivity index (χ1n) is 8.35. The molecule has 1 saturated heterocycles. The molecule has 1 fully saturated rings. The van der Waals surface area contributed by atoms with Gasteiger partial charge in [0.1, 0.15) is 11.5 Å². The van der Waals surface area contributed by atoms with Crippen molar-refractivity contribution in [1.82, 2.24) is 19.7 Å². The van der Waals surface area contributed by atoms with E-state index in [0.717, 1.165) is 5.52 Å². The second kappa shape index (κ2) is 6.84. The van der Waals surface area contributed by atoms with Gasteiger partial charge >= 0.3 is 0 Å². The van der Waals surface area contributed by atoms with E-state index >= 15 is 0 Å². The molecule has 2 amide bonds. The van der Waals surface area contributed by atoms with Crippen molar-refractivity contribution in [2.45, 2.75) is 0 Å². The zero-order chi connectivity index (χ0) is 18.1. The van der Waals surface area contributed by atoms with Crippen LogP contribution >= 0.6 is 0 Å². The monoisotopic (exact) mass is 346 g/mol. The number of carbonyl (C=O) groups excluding carboxylic acids is 2. The number of nitrogens with one attached hydrogen (secondary N) is 1. The van der Waals surface area contributed by atoms with Gasteiger partial charge < -0.3 is 19.7 Å². The summed E-state index contributed by atoms with van der Waals surface area (Å²) in [7, 11) is 5.36. The quantitative estimate of drug-likeness (QED) is 0.885. The lowest BCUT2D eigenvalue weighted by molar-refractivity contribution is -0.125. The number of hydrogen-bond acceptors (Lipinski definition) is 3. The minimum Gasteiger partial charge on any atom is -0.359 e. The molecule has 2 aromatic rings. The number of aryl methyl sites for hydroxylation is 1. The van der Waals surface area contributed by atoms with E-state index in [1.807, 2.05) is 7.05 Å². The van der Waals surface area contributed by atoms with Crippen LogP contribution in [0.4, 0.5) is 4.39 Å². The molecule has 25 heavy (non-hydrogen) atoms. The van der Waals surface area contributed by atoms with Crippen molar-refractivity contribution in [1.29, 1.82) is 0 Å². The van der Waals surface area contributed by atoms with E-state index in [4.69, 9.17) is 0 Å². The molecule has 6 nitrogen and oxygen atoms in total. The summed E-state index contributed by atoms with van der Waals surface area (Å²) in [5.41, 5.74) is 1.31. The predicted octanol–water partition coefficient (Wildman–Crippen LogP) is 1.07. The average Bonchev–Trinajstić information content (AvgIpc) is 2.78. The van der Waals surface area contributed by atoms with Gasteiger partial charge in [0.05, 0.1) is 5.92 Å². The van der Waals surface area contributed by atoms with Crippen molar-refractivity contribution in [3.8, 4) is 0 Å². The van der Waals surface area contributed by atoms with Gasteiger partial charge in [-0.05, 0) is 31.3 Å². The Bertz CT molecular complexity index is 817. The number of likely N-dealkylation sites (N-methyl/N-ethyl adjacent to an activating group) is 1. The first-order valence-corrected chi connectivity index (χ1v) is 8.35. The van der Waals surface area contributed by atoms with Gasteiger partial charge in [-0.15, -0.1) is 0 Å². The number of aromatic nitrogens is 1. The summed E-state index contributed by atoms with van der Waals surface area (Å²) in [6.07, 6.45) is 0. The van der Waals surface area contributed by atoms with Crippen LogP contribution in [0.1, 0.15) is 10.5 Å². The van der Waals surface area contributed by atoms with E-state index in [9.17, 15) is 14.0 Å². The van der Waals surface area contributed by atoms with Gasteiger partial charge in [0, 0.05) is 51.2 Å². The molecule has 7 heteroatoms. The van der Waals surface area contributed by atoms with E-state index in [1.54, 1.807) is 35.7 Å². The van der Waals surface area contributed by atoms with Crippen LogP contribution in [0.2, 0.25) is 0 Å². The molecule has 0 saturated carbocycles. The lowest BCUT2D eigenvalue weighted by Crippen LogP contribution is -2.41. The molecule has 3 rings (SSSR count). The molecule has 134 valence electrons. The molecule has 0 radical (unpaired) electrons. The van der Waals surface area contributed by atoms with Crippen LogP contribution in [0.15, 0.2) is 24.3 Å². The van der Waals surface area contributed by atoms with E-state index in [0.29, 0.717) is 37.3 Å². The Hall–Kier alpha value is -2.41.